The van der Waals surface area contributed by atoms with Crippen molar-refractivity contribution in [1.29, 1.82) is 0 Å². The number of H-pyrrole nitrogens is 1. The Morgan fingerprint density at radius 3 is 2.83 bits per heavy atom. The number of aromatic nitrogens is 3. The van der Waals surface area contributed by atoms with Gasteiger partial charge in [-0.1, -0.05) is 11.6 Å². The van der Waals surface area contributed by atoms with E-state index in [9.17, 15) is 13.6 Å². The summed E-state index contributed by atoms with van der Waals surface area (Å²) in [7, 11) is 0. The van der Waals surface area contributed by atoms with E-state index in [1.807, 2.05) is 0 Å². The number of carboxylic acids is 1. The molecule has 0 saturated heterocycles. The molecule has 2 N–H and O–H groups in total. The lowest BCUT2D eigenvalue weighted by Gasteiger charge is -2.12. The average Bonchev–Trinajstić information content (AvgIpc) is 2.70. The number of carboxylic acid groups (broad SMARTS) is 1. The van der Waals surface area contributed by atoms with Gasteiger partial charge in [0.1, 0.15) is 17.1 Å². The van der Waals surface area contributed by atoms with Crippen LogP contribution in [0.4, 0.5) is 8.78 Å². The van der Waals surface area contributed by atoms with Gasteiger partial charge >= 0.3 is 5.97 Å². The van der Waals surface area contributed by atoms with Crippen molar-refractivity contribution in [3.05, 3.63) is 23.2 Å². The van der Waals surface area contributed by atoms with Gasteiger partial charge in [0.15, 0.2) is 0 Å². The Morgan fingerprint density at radius 1 is 1.50 bits per heavy atom. The second kappa shape index (κ2) is 4.85. The van der Waals surface area contributed by atoms with Crippen LogP contribution in [-0.4, -0.2) is 32.5 Å². The summed E-state index contributed by atoms with van der Waals surface area (Å²) in [5, 5.41) is 8.93. The Balaban J connectivity index is 2.54. The molecule has 0 aliphatic rings. The number of nitrogens with zero attached hydrogens (tertiary/aromatic N) is 2. The first kappa shape index (κ1) is 12.7. The van der Waals surface area contributed by atoms with Gasteiger partial charge in [0.2, 0.25) is 6.43 Å². The van der Waals surface area contributed by atoms with Crippen LogP contribution in [0.25, 0.3) is 11.0 Å². The van der Waals surface area contributed by atoms with E-state index in [-0.39, 0.29) is 16.1 Å². The van der Waals surface area contributed by atoms with Crippen molar-refractivity contribution in [2.45, 2.75) is 18.8 Å². The monoisotopic (exact) mass is 275 g/mol. The maximum atomic E-state index is 12.9. The molecule has 0 saturated carbocycles. The van der Waals surface area contributed by atoms with Crippen molar-refractivity contribution in [2.24, 2.45) is 0 Å². The summed E-state index contributed by atoms with van der Waals surface area (Å²) in [6.07, 6.45) is -1.00. The number of nitrogens with one attached hydrogen (secondary N) is 1. The zero-order chi connectivity index (χ0) is 13.3. The average molecular weight is 276 g/mol. The molecule has 2 heterocycles. The van der Waals surface area contributed by atoms with Gasteiger partial charge in [0, 0.05) is 6.20 Å². The molecule has 1 atom stereocenters. The summed E-state index contributed by atoms with van der Waals surface area (Å²) >= 11 is 5.83. The molecule has 2 rings (SSSR count). The maximum Gasteiger partial charge on any atom is 0.304 e. The Hall–Kier alpha value is -1.76. The number of aliphatic carboxylic acids is 1. The maximum absolute atomic E-state index is 12.9. The molecule has 0 aliphatic heterocycles. The van der Waals surface area contributed by atoms with Crippen LogP contribution in [0.2, 0.25) is 5.15 Å². The van der Waals surface area contributed by atoms with Crippen LogP contribution in [0.1, 0.15) is 17.9 Å². The first-order chi connectivity index (χ1) is 8.50. The second-order valence-electron chi connectivity index (χ2n) is 3.67. The van der Waals surface area contributed by atoms with E-state index in [1.165, 1.54) is 12.5 Å². The van der Waals surface area contributed by atoms with E-state index in [4.69, 9.17) is 16.7 Å². The van der Waals surface area contributed by atoms with Gasteiger partial charge in [0.25, 0.3) is 0 Å². The highest BCUT2D eigenvalue weighted by Gasteiger charge is 2.29. The molecule has 0 bridgehead atoms. The minimum absolute atomic E-state index is 0.0206. The van der Waals surface area contributed by atoms with E-state index in [0.717, 1.165) is 0 Å². The first-order valence-electron chi connectivity index (χ1n) is 4.98. The summed E-state index contributed by atoms with van der Waals surface area (Å²) in [6, 6.07) is 0. The number of hydrogen-bond donors (Lipinski definition) is 2. The number of halogens is 3. The Labute approximate surface area is 105 Å². The highest BCUT2D eigenvalue weighted by atomic mass is 35.5. The number of fused-ring (bicyclic) bond motifs is 1. The van der Waals surface area contributed by atoms with Crippen LogP contribution in [0.5, 0.6) is 0 Å². The SMILES string of the molecule is O=C(O)CC(c1c[nH]c2ncnc(Cl)c12)C(F)F. The van der Waals surface area contributed by atoms with Gasteiger partial charge < -0.3 is 10.1 Å². The van der Waals surface area contributed by atoms with Crippen LogP contribution < -0.4 is 0 Å². The molecule has 18 heavy (non-hydrogen) atoms. The number of carbonyl (C=O) groups is 1. The van der Waals surface area contributed by atoms with Gasteiger partial charge in [-0.15, -0.1) is 0 Å². The molecule has 2 aromatic heterocycles. The van der Waals surface area contributed by atoms with Crippen LogP contribution in [0, 0.1) is 0 Å². The third kappa shape index (κ3) is 2.26. The predicted molar refractivity (Wildman–Crippen MR) is 59.9 cm³/mol. The Morgan fingerprint density at radius 2 is 2.22 bits per heavy atom. The lowest BCUT2D eigenvalue weighted by atomic mass is 9.97. The summed E-state index contributed by atoms with van der Waals surface area (Å²) < 4.78 is 25.8. The van der Waals surface area contributed by atoms with Gasteiger partial charge in [-0.05, 0) is 5.56 Å². The lowest BCUT2D eigenvalue weighted by molar-refractivity contribution is -0.138. The smallest absolute Gasteiger partial charge is 0.304 e. The summed E-state index contributed by atoms with van der Waals surface area (Å²) in [6.45, 7) is 0. The standard InChI is InChI=1S/C10H8ClF2N3O2/c11-8-7-5(2-14-10(7)16-3-15-8)4(9(12)13)1-6(17)18/h2-4,9H,1H2,(H,17,18)(H,14,15,16). The quantitative estimate of drug-likeness (QED) is 0.840. The molecule has 5 nitrogen and oxygen atoms in total. The molecule has 0 aromatic carbocycles. The van der Waals surface area contributed by atoms with E-state index in [0.29, 0.717) is 5.65 Å². The topological polar surface area (TPSA) is 78.9 Å². The van der Waals surface area contributed by atoms with E-state index >= 15 is 0 Å². The van der Waals surface area contributed by atoms with Crippen LogP contribution in [0.15, 0.2) is 12.5 Å². The molecule has 2 aromatic rings. The zero-order valence-corrected chi connectivity index (χ0v) is 9.66. The first-order valence-corrected chi connectivity index (χ1v) is 5.36. The Bertz CT molecular complexity index is 588. The second-order valence-corrected chi connectivity index (χ2v) is 4.03. The lowest BCUT2D eigenvalue weighted by Crippen LogP contribution is -2.14. The molecule has 0 amide bonds. The van der Waals surface area contributed by atoms with Crippen molar-refractivity contribution in [1.82, 2.24) is 15.0 Å². The van der Waals surface area contributed by atoms with Crippen LogP contribution >= 0.6 is 11.6 Å². The highest BCUT2D eigenvalue weighted by molar-refractivity contribution is 6.34. The van der Waals surface area contributed by atoms with Gasteiger partial charge in [-0.2, -0.15) is 0 Å². The molecule has 1 unspecified atom stereocenters. The largest absolute Gasteiger partial charge is 0.481 e. The minimum Gasteiger partial charge on any atom is -0.481 e. The van der Waals surface area contributed by atoms with E-state index < -0.39 is 24.7 Å². The van der Waals surface area contributed by atoms with E-state index in [1.54, 1.807) is 0 Å². The molecule has 0 aliphatic carbocycles. The molecule has 8 heteroatoms. The van der Waals surface area contributed by atoms with Gasteiger partial charge in [-0.3, -0.25) is 4.79 Å². The summed E-state index contributed by atoms with van der Waals surface area (Å²) in [5.41, 5.74) is 0.425. The number of alkyl halides is 2. The summed E-state index contributed by atoms with van der Waals surface area (Å²) in [4.78, 5) is 20.8. The highest BCUT2D eigenvalue weighted by Crippen LogP contribution is 2.34. The van der Waals surface area contributed by atoms with Crippen molar-refractivity contribution >= 4 is 28.6 Å². The van der Waals surface area contributed by atoms with Gasteiger partial charge in [0.05, 0.1) is 17.7 Å². The number of hydrogen-bond acceptors (Lipinski definition) is 3. The van der Waals surface area contributed by atoms with E-state index in [2.05, 4.69) is 15.0 Å². The minimum atomic E-state index is -2.81. The number of rotatable bonds is 4. The molecule has 0 radical (unpaired) electrons. The molecule has 0 spiro atoms. The fraction of sp³-hybridized carbons (Fsp3) is 0.300. The number of aromatic amines is 1. The normalized spacial score (nSPS) is 13.1. The molecular formula is C10H8ClF2N3O2. The molecule has 96 valence electrons. The van der Waals surface area contributed by atoms with Crippen molar-refractivity contribution in [3.8, 4) is 0 Å². The van der Waals surface area contributed by atoms with Crippen LogP contribution in [-0.2, 0) is 4.79 Å². The van der Waals surface area contributed by atoms with Crippen molar-refractivity contribution in [2.75, 3.05) is 0 Å². The molecule has 0 fully saturated rings. The molecular weight excluding hydrogens is 268 g/mol. The fourth-order valence-corrected chi connectivity index (χ4v) is 2.01. The third-order valence-corrected chi connectivity index (χ3v) is 2.84. The zero-order valence-electron chi connectivity index (χ0n) is 8.90. The Kier molecular flexibility index (Phi) is 3.42. The fourth-order valence-electron chi connectivity index (χ4n) is 1.76. The van der Waals surface area contributed by atoms with Crippen LogP contribution in [0.3, 0.4) is 0 Å². The van der Waals surface area contributed by atoms with Crippen molar-refractivity contribution < 1.29 is 18.7 Å². The van der Waals surface area contributed by atoms with Gasteiger partial charge in [-0.25, -0.2) is 18.7 Å². The third-order valence-electron chi connectivity index (χ3n) is 2.55. The predicted octanol–water partition coefficient (Wildman–Crippen LogP) is 2.43. The summed E-state index contributed by atoms with van der Waals surface area (Å²) in [5.74, 6) is -2.75. The van der Waals surface area contributed by atoms with Crippen molar-refractivity contribution in [3.63, 3.8) is 0 Å².